The highest BCUT2D eigenvalue weighted by molar-refractivity contribution is 5.85. The van der Waals surface area contributed by atoms with Crippen LogP contribution in [0.25, 0.3) is 0 Å². The summed E-state index contributed by atoms with van der Waals surface area (Å²) in [5.41, 5.74) is -1.23. The van der Waals surface area contributed by atoms with E-state index in [0.29, 0.717) is 31.3 Å². The van der Waals surface area contributed by atoms with Gasteiger partial charge in [-0.05, 0) is 55.6 Å². The van der Waals surface area contributed by atoms with Crippen LogP contribution in [0.5, 0.6) is 0 Å². The van der Waals surface area contributed by atoms with Gasteiger partial charge in [0.2, 0.25) is 0 Å². The van der Waals surface area contributed by atoms with Crippen molar-refractivity contribution in [1.29, 1.82) is 0 Å². The van der Waals surface area contributed by atoms with Crippen molar-refractivity contribution in [3.8, 4) is 0 Å². The Morgan fingerprint density at radius 1 is 1.44 bits per heavy atom. The van der Waals surface area contributed by atoms with Gasteiger partial charge in [0.1, 0.15) is 17.6 Å². The van der Waals surface area contributed by atoms with Crippen molar-refractivity contribution in [2.45, 2.75) is 50.4 Å². The van der Waals surface area contributed by atoms with Crippen molar-refractivity contribution in [1.82, 2.24) is 0 Å². The van der Waals surface area contributed by atoms with Crippen LogP contribution in [0, 0.1) is 28.6 Å². The van der Waals surface area contributed by atoms with Crippen molar-refractivity contribution >= 4 is 11.9 Å². The predicted molar refractivity (Wildman–Crippen MR) is 85.2 cm³/mol. The molecule has 0 aromatic carbocycles. The number of aliphatic hydroxyl groups excluding tert-OH is 1. The van der Waals surface area contributed by atoms with Crippen LogP contribution in [0.15, 0.2) is 23.8 Å². The molecule has 4 bridgehead atoms. The van der Waals surface area contributed by atoms with E-state index in [1.54, 1.807) is 13.0 Å². The van der Waals surface area contributed by atoms with Gasteiger partial charge in [-0.2, -0.15) is 0 Å². The van der Waals surface area contributed by atoms with Gasteiger partial charge in [-0.25, -0.2) is 0 Å². The molecule has 3 saturated carbocycles. The molecule has 3 N–H and O–H groups in total. The number of hydrogen-bond donors (Lipinski definition) is 3. The average molecular weight is 346 g/mol. The highest BCUT2D eigenvalue weighted by Gasteiger charge is 2.75. The molecule has 0 amide bonds. The second kappa shape index (κ2) is 4.18. The number of rotatable bonds is 1. The van der Waals surface area contributed by atoms with Crippen LogP contribution in [0.4, 0.5) is 0 Å². The first-order chi connectivity index (χ1) is 11.6. The van der Waals surface area contributed by atoms with Crippen molar-refractivity contribution in [3.05, 3.63) is 23.8 Å². The molecule has 1 saturated heterocycles. The summed E-state index contributed by atoms with van der Waals surface area (Å²) in [5, 5.41) is 31.7. The molecule has 5 aliphatic rings. The van der Waals surface area contributed by atoms with Gasteiger partial charge in [0.05, 0.1) is 11.5 Å². The maximum absolute atomic E-state index is 12.6. The molecule has 1 spiro atoms. The number of aliphatic carboxylic acids is 1. The Balaban J connectivity index is 1.75. The van der Waals surface area contributed by atoms with Crippen LogP contribution in [-0.4, -0.2) is 45.1 Å². The smallest absolute Gasteiger partial charge is 0.315 e. The summed E-state index contributed by atoms with van der Waals surface area (Å²) < 4.78 is 5.34. The van der Waals surface area contributed by atoms with Gasteiger partial charge in [-0.3, -0.25) is 9.59 Å². The van der Waals surface area contributed by atoms with E-state index in [4.69, 9.17) is 4.74 Å². The van der Waals surface area contributed by atoms with Crippen LogP contribution in [0.3, 0.4) is 0 Å². The highest BCUT2D eigenvalue weighted by Crippen LogP contribution is 2.74. The summed E-state index contributed by atoms with van der Waals surface area (Å²) in [7, 11) is 0. The van der Waals surface area contributed by atoms with E-state index in [9.17, 15) is 24.9 Å². The second-order valence-electron chi connectivity index (χ2n) is 8.87. The minimum atomic E-state index is -1.24. The molecule has 0 unspecified atom stereocenters. The molecule has 8 atom stereocenters. The van der Waals surface area contributed by atoms with Crippen LogP contribution in [0.2, 0.25) is 0 Å². The molecule has 4 aliphatic carbocycles. The van der Waals surface area contributed by atoms with Gasteiger partial charge in [0.15, 0.2) is 0 Å². The van der Waals surface area contributed by atoms with E-state index in [0.717, 1.165) is 5.57 Å². The largest absolute Gasteiger partial charge is 0.481 e. The van der Waals surface area contributed by atoms with Crippen molar-refractivity contribution < 1.29 is 29.6 Å². The Morgan fingerprint density at radius 2 is 2.16 bits per heavy atom. The highest BCUT2D eigenvalue weighted by atomic mass is 16.6. The quantitative estimate of drug-likeness (QED) is 0.484. The fourth-order valence-electron chi connectivity index (χ4n) is 6.86. The molecular weight excluding hydrogens is 324 g/mol. The number of hydrogen-bond acceptors (Lipinski definition) is 5. The van der Waals surface area contributed by atoms with E-state index in [2.05, 4.69) is 6.58 Å². The number of ether oxygens (including phenoxy) is 1. The zero-order valence-electron chi connectivity index (χ0n) is 14.1. The number of carbonyl (C=O) groups is 2. The zero-order chi connectivity index (χ0) is 17.9. The topological polar surface area (TPSA) is 104 Å². The van der Waals surface area contributed by atoms with E-state index in [-0.39, 0.29) is 5.92 Å². The maximum Gasteiger partial charge on any atom is 0.315 e. The molecule has 25 heavy (non-hydrogen) atoms. The molecule has 6 nitrogen and oxygen atoms in total. The summed E-state index contributed by atoms with van der Waals surface area (Å²) in [6.45, 7) is 5.66. The number of aliphatic hydroxyl groups is 2. The standard InChI is InChI=1S/C19H22O6/c1-8-6-18-7-19(8,24)4-3-10(18)9-5-11-14(20)17(2,16(23)25-11)12(9)13(18)15(21)22/h5,10-14,20,24H,1,3-4,6-7H2,2H3,(H,21,22)/t10-,11+,12-,13-,14+,17+,18+,19+/m1/s1. The Labute approximate surface area is 145 Å². The van der Waals surface area contributed by atoms with Crippen LogP contribution in [-0.2, 0) is 14.3 Å². The van der Waals surface area contributed by atoms with Crippen LogP contribution >= 0.6 is 0 Å². The maximum atomic E-state index is 12.6. The lowest BCUT2D eigenvalue weighted by molar-refractivity contribution is -0.157. The average Bonchev–Trinajstić information content (AvgIpc) is 2.96. The summed E-state index contributed by atoms with van der Waals surface area (Å²) in [4.78, 5) is 24.9. The van der Waals surface area contributed by atoms with E-state index < -0.39 is 52.4 Å². The van der Waals surface area contributed by atoms with Crippen LogP contribution < -0.4 is 0 Å². The van der Waals surface area contributed by atoms with Gasteiger partial charge >= 0.3 is 11.9 Å². The van der Waals surface area contributed by atoms with Gasteiger partial charge in [0, 0.05) is 5.92 Å². The Bertz CT molecular complexity index is 770. The second-order valence-corrected chi connectivity index (χ2v) is 8.87. The SMILES string of the molecule is C=C1C[C@]23C[C@@]1(O)CC[C@@H]2C1=C[C@@H]2OC(=O)[C@@](C)([C@H]1[C@@H]3C(=O)O)[C@H]2O. The molecule has 0 aromatic rings. The lowest BCUT2D eigenvalue weighted by Gasteiger charge is -2.41. The molecule has 134 valence electrons. The lowest BCUT2D eigenvalue weighted by atomic mass is 9.61. The molecule has 1 aliphatic heterocycles. The Kier molecular flexibility index (Phi) is 2.60. The number of carboxylic acid groups (broad SMARTS) is 1. The third-order valence-corrected chi connectivity index (χ3v) is 7.95. The fourth-order valence-corrected chi connectivity index (χ4v) is 6.86. The first-order valence-electron chi connectivity index (χ1n) is 8.89. The number of carboxylic acids is 1. The third kappa shape index (κ3) is 1.47. The number of allylic oxidation sites excluding steroid dienone is 1. The van der Waals surface area contributed by atoms with Gasteiger partial charge in [-0.15, -0.1) is 0 Å². The lowest BCUT2D eigenvalue weighted by Crippen LogP contribution is -2.50. The summed E-state index contributed by atoms with van der Waals surface area (Å²) in [6.07, 6.45) is 2.14. The van der Waals surface area contributed by atoms with Crippen molar-refractivity contribution in [2.24, 2.45) is 28.6 Å². The van der Waals surface area contributed by atoms with Crippen LogP contribution in [0.1, 0.15) is 32.6 Å². The number of esters is 1. The van der Waals surface area contributed by atoms with Crippen molar-refractivity contribution in [3.63, 3.8) is 0 Å². The predicted octanol–water partition coefficient (Wildman–Crippen LogP) is 1.03. The van der Waals surface area contributed by atoms with E-state index in [1.807, 2.05) is 0 Å². The monoisotopic (exact) mass is 346 g/mol. The summed E-state index contributed by atoms with van der Waals surface area (Å²) in [5.74, 6) is -2.92. The summed E-state index contributed by atoms with van der Waals surface area (Å²) in [6, 6.07) is 0. The van der Waals surface area contributed by atoms with Gasteiger partial charge < -0.3 is 20.1 Å². The van der Waals surface area contributed by atoms with Gasteiger partial charge in [-0.1, -0.05) is 12.2 Å². The fraction of sp³-hybridized carbons (Fsp3) is 0.684. The minimum absolute atomic E-state index is 0.0121. The first kappa shape index (κ1) is 15.6. The minimum Gasteiger partial charge on any atom is -0.481 e. The molecule has 6 heteroatoms. The Morgan fingerprint density at radius 3 is 2.84 bits per heavy atom. The summed E-state index contributed by atoms with van der Waals surface area (Å²) >= 11 is 0. The molecule has 1 heterocycles. The Hall–Kier alpha value is -1.66. The molecule has 0 aromatic heterocycles. The van der Waals surface area contributed by atoms with Crippen molar-refractivity contribution in [2.75, 3.05) is 0 Å². The first-order valence-corrected chi connectivity index (χ1v) is 8.89. The van der Waals surface area contributed by atoms with Gasteiger partial charge in [0.25, 0.3) is 0 Å². The molecule has 4 fully saturated rings. The zero-order valence-corrected chi connectivity index (χ0v) is 14.1. The molecular formula is C19H22O6. The number of carbonyl (C=O) groups excluding carboxylic acids is 1. The van der Waals surface area contributed by atoms with E-state index >= 15 is 0 Å². The normalized spacial score (nSPS) is 55.5. The molecule has 5 rings (SSSR count). The third-order valence-electron chi connectivity index (χ3n) is 7.95. The molecule has 0 radical (unpaired) electrons. The van der Waals surface area contributed by atoms with E-state index in [1.165, 1.54) is 0 Å². The number of fused-ring (bicyclic) bond motifs is 6.